The maximum Gasteiger partial charge on any atom is 0.242 e. The van der Waals surface area contributed by atoms with E-state index in [0.29, 0.717) is 27.7 Å². The average Bonchev–Trinajstić information content (AvgIpc) is 2.74. The van der Waals surface area contributed by atoms with Gasteiger partial charge in [-0.2, -0.15) is 0 Å². The normalized spacial score (nSPS) is 12.8. The van der Waals surface area contributed by atoms with Gasteiger partial charge < -0.3 is 5.32 Å². The molecule has 1 heterocycles. The predicted octanol–water partition coefficient (Wildman–Crippen LogP) is 5.26. The number of thioether (sulfide) groups is 1. The fourth-order valence-electron chi connectivity index (χ4n) is 3.20. The number of halogens is 1. The number of rotatable bonds is 7. The number of pyridine rings is 1. The van der Waals surface area contributed by atoms with Crippen molar-refractivity contribution in [3.05, 3.63) is 58.6 Å². The van der Waals surface area contributed by atoms with Crippen molar-refractivity contribution in [1.82, 2.24) is 9.29 Å². The van der Waals surface area contributed by atoms with E-state index in [2.05, 4.69) is 10.3 Å². The molecule has 1 atom stereocenters. The zero-order valence-corrected chi connectivity index (χ0v) is 21.0. The summed E-state index contributed by atoms with van der Waals surface area (Å²) in [5, 5.41) is 4.71. The fourth-order valence-corrected chi connectivity index (χ4v) is 5.32. The van der Waals surface area contributed by atoms with Gasteiger partial charge in [-0.25, -0.2) is 17.7 Å². The number of nitrogens with zero attached hydrogens (tertiary/aromatic N) is 2. The summed E-state index contributed by atoms with van der Waals surface area (Å²) in [5.41, 5.74) is 3.10. The Kier molecular flexibility index (Phi) is 7.50. The smallest absolute Gasteiger partial charge is 0.242 e. The number of anilines is 1. The molecule has 9 heteroatoms. The lowest BCUT2D eigenvalue weighted by Gasteiger charge is -2.17. The number of hydrogen-bond donors (Lipinski definition) is 1. The molecule has 1 amide bonds. The number of amides is 1. The lowest BCUT2D eigenvalue weighted by Crippen LogP contribution is -2.25. The molecule has 0 saturated carbocycles. The Labute approximate surface area is 198 Å². The van der Waals surface area contributed by atoms with Gasteiger partial charge in [0.2, 0.25) is 15.9 Å². The van der Waals surface area contributed by atoms with E-state index in [-0.39, 0.29) is 16.1 Å². The zero-order chi connectivity index (χ0) is 23.6. The van der Waals surface area contributed by atoms with E-state index < -0.39 is 10.0 Å². The first-order valence-electron chi connectivity index (χ1n) is 10.1. The topological polar surface area (TPSA) is 79.4 Å². The van der Waals surface area contributed by atoms with Gasteiger partial charge in [0.25, 0.3) is 0 Å². The van der Waals surface area contributed by atoms with Crippen LogP contribution in [0.1, 0.15) is 24.5 Å². The number of carbonyl (C=O) groups excluding carboxylic acids is 1. The van der Waals surface area contributed by atoms with Gasteiger partial charge in [0, 0.05) is 30.2 Å². The van der Waals surface area contributed by atoms with Crippen LogP contribution in [0.2, 0.25) is 5.02 Å². The largest absolute Gasteiger partial charge is 0.325 e. The molecule has 0 aliphatic heterocycles. The summed E-state index contributed by atoms with van der Waals surface area (Å²) in [6.07, 6.45) is 0.620. The van der Waals surface area contributed by atoms with E-state index in [9.17, 15) is 13.2 Å². The third kappa shape index (κ3) is 5.09. The van der Waals surface area contributed by atoms with E-state index >= 15 is 0 Å². The number of benzene rings is 2. The van der Waals surface area contributed by atoms with Crippen LogP contribution in [-0.4, -0.2) is 43.0 Å². The molecule has 6 nitrogen and oxygen atoms in total. The van der Waals surface area contributed by atoms with E-state index in [1.807, 2.05) is 32.9 Å². The first kappa shape index (κ1) is 24.5. The first-order chi connectivity index (χ1) is 15.0. The van der Waals surface area contributed by atoms with Crippen molar-refractivity contribution in [1.29, 1.82) is 0 Å². The third-order valence-electron chi connectivity index (χ3n) is 5.19. The Bertz CT molecular complexity index is 1280. The standard InChI is InChI=1S/C23H26ClN3O3S2/c1-6-21(23(28)26-19-9-7-8-18(24)15(19)3)31-22-12-14(2)17-13-16(10-11-20(17)25-22)32(29,30)27(4)5/h7-13,21H,6H2,1-5H3,(H,26,28). The quantitative estimate of drug-likeness (QED) is 0.456. The molecule has 1 unspecified atom stereocenters. The summed E-state index contributed by atoms with van der Waals surface area (Å²) in [6, 6.07) is 12.2. The van der Waals surface area contributed by atoms with Crippen LogP contribution < -0.4 is 5.32 Å². The number of nitrogens with one attached hydrogen (secondary N) is 1. The van der Waals surface area contributed by atoms with Crippen LogP contribution in [0.5, 0.6) is 0 Å². The van der Waals surface area contributed by atoms with Crippen molar-refractivity contribution < 1.29 is 13.2 Å². The zero-order valence-electron chi connectivity index (χ0n) is 18.6. The van der Waals surface area contributed by atoms with Gasteiger partial charge in [-0.05, 0) is 67.8 Å². The second-order valence-corrected chi connectivity index (χ2v) is 11.4. The molecule has 0 aliphatic rings. The molecule has 0 aliphatic carbocycles. The number of fused-ring (bicyclic) bond motifs is 1. The minimum Gasteiger partial charge on any atom is -0.325 e. The molecule has 1 N–H and O–H groups in total. The van der Waals surface area contributed by atoms with Crippen LogP contribution in [0.25, 0.3) is 10.9 Å². The van der Waals surface area contributed by atoms with Gasteiger partial charge in [0.15, 0.2) is 0 Å². The maximum atomic E-state index is 12.9. The molecule has 170 valence electrons. The number of aryl methyl sites for hydroxylation is 1. The molecule has 0 bridgehead atoms. The summed E-state index contributed by atoms with van der Waals surface area (Å²) in [4.78, 5) is 17.8. The van der Waals surface area contributed by atoms with Crippen LogP contribution in [0.15, 0.2) is 52.4 Å². The van der Waals surface area contributed by atoms with E-state index in [1.54, 1.807) is 30.3 Å². The van der Waals surface area contributed by atoms with E-state index in [0.717, 1.165) is 16.5 Å². The number of carbonyl (C=O) groups is 1. The first-order valence-corrected chi connectivity index (χ1v) is 12.8. The van der Waals surface area contributed by atoms with Gasteiger partial charge in [-0.3, -0.25) is 4.79 Å². The second-order valence-electron chi connectivity index (χ2n) is 7.66. The van der Waals surface area contributed by atoms with Crippen LogP contribution in [0.4, 0.5) is 5.69 Å². The molecule has 3 rings (SSSR count). The number of sulfonamides is 1. The van der Waals surface area contributed by atoms with Crippen molar-refractivity contribution in [3.63, 3.8) is 0 Å². The highest BCUT2D eigenvalue weighted by atomic mass is 35.5. The second kappa shape index (κ2) is 9.79. The summed E-state index contributed by atoms with van der Waals surface area (Å²) in [6.45, 7) is 5.73. The Morgan fingerprint density at radius 1 is 1.19 bits per heavy atom. The molecule has 0 fully saturated rings. The highest BCUT2D eigenvalue weighted by molar-refractivity contribution is 8.00. The predicted molar refractivity (Wildman–Crippen MR) is 132 cm³/mol. The van der Waals surface area contributed by atoms with Crippen molar-refractivity contribution >= 4 is 55.9 Å². The van der Waals surface area contributed by atoms with Crippen LogP contribution in [0, 0.1) is 13.8 Å². The monoisotopic (exact) mass is 491 g/mol. The van der Waals surface area contributed by atoms with Crippen LogP contribution in [-0.2, 0) is 14.8 Å². The lowest BCUT2D eigenvalue weighted by atomic mass is 10.1. The van der Waals surface area contributed by atoms with E-state index in [1.165, 1.54) is 30.2 Å². The molecular weight excluding hydrogens is 466 g/mol. The average molecular weight is 492 g/mol. The Morgan fingerprint density at radius 2 is 1.91 bits per heavy atom. The van der Waals surface area contributed by atoms with Crippen molar-refractivity contribution in [2.24, 2.45) is 0 Å². The highest BCUT2D eigenvalue weighted by Crippen LogP contribution is 2.31. The van der Waals surface area contributed by atoms with Gasteiger partial charge in [-0.1, -0.05) is 36.4 Å². The minimum atomic E-state index is -3.53. The van der Waals surface area contributed by atoms with Crippen molar-refractivity contribution in [2.75, 3.05) is 19.4 Å². The molecule has 1 aromatic heterocycles. The Hall–Kier alpha value is -2.13. The van der Waals surface area contributed by atoms with Crippen LogP contribution >= 0.6 is 23.4 Å². The van der Waals surface area contributed by atoms with Gasteiger partial charge >= 0.3 is 0 Å². The van der Waals surface area contributed by atoms with Crippen LogP contribution in [0.3, 0.4) is 0 Å². The summed E-state index contributed by atoms with van der Waals surface area (Å²) < 4.78 is 26.1. The SMILES string of the molecule is CCC(Sc1cc(C)c2cc(S(=O)(=O)N(C)C)ccc2n1)C(=O)Nc1cccc(Cl)c1C. The summed E-state index contributed by atoms with van der Waals surface area (Å²) in [7, 11) is -0.518. The molecule has 0 radical (unpaired) electrons. The number of hydrogen-bond acceptors (Lipinski definition) is 5. The Balaban J connectivity index is 1.87. The van der Waals surface area contributed by atoms with E-state index in [4.69, 9.17) is 11.6 Å². The number of aromatic nitrogens is 1. The molecular formula is C23H26ClN3O3S2. The molecule has 3 aromatic rings. The van der Waals surface area contributed by atoms with Crippen molar-refractivity contribution in [2.45, 2.75) is 42.4 Å². The highest BCUT2D eigenvalue weighted by Gasteiger charge is 2.21. The maximum absolute atomic E-state index is 12.9. The van der Waals surface area contributed by atoms with Crippen molar-refractivity contribution in [3.8, 4) is 0 Å². The lowest BCUT2D eigenvalue weighted by molar-refractivity contribution is -0.115. The minimum absolute atomic E-state index is 0.116. The fraction of sp³-hybridized carbons (Fsp3) is 0.304. The summed E-state index contributed by atoms with van der Waals surface area (Å²) in [5.74, 6) is -0.116. The van der Waals surface area contributed by atoms with Gasteiger partial charge in [0.1, 0.15) is 0 Å². The molecule has 0 spiro atoms. The van der Waals surface area contributed by atoms with Gasteiger partial charge in [-0.15, -0.1) is 0 Å². The summed E-state index contributed by atoms with van der Waals surface area (Å²) >= 11 is 7.55. The van der Waals surface area contributed by atoms with Gasteiger partial charge in [0.05, 0.1) is 20.7 Å². The third-order valence-corrected chi connectivity index (χ3v) is 8.70. The molecule has 2 aromatic carbocycles. The molecule has 32 heavy (non-hydrogen) atoms. The molecule has 0 saturated heterocycles. The Morgan fingerprint density at radius 3 is 2.56 bits per heavy atom.